The Balaban J connectivity index is 1.54. The van der Waals surface area contributed by atoms with Crippen LogP contribution in [0.2, 0.25) is 0 Å². The van der Waals surface area contributed by atoms with E-state index in [1.54, 1.807) is 7.11 Å². The molecule has 0 radical (unpaired) electrons. The number of nitrogens with zero attached hydrogens (tertiary/aromatic N) is 1. The van der Waals surface area contributed by atoms with Crippen molar-refractivity contribution in [3.8, 4) is 0 Å². The first-order valence-electron chi connectivity index (χ1n) is 8.01. The van der Waals surface area contributed by atoms with Gasteiger partial charge in [0.15, 0.2) is 0 Å². The largest absolute Gasteiger partial charge is 0.382 e. The van der Waals surface area contributed by atoms with E-state index >= 15 is 0 Å². The van der Waals surface area contributed by atoms with Gasteiger partial charge in [-0.25, -0.2) is 0 Å². The fourth-order valence-electron chi connectivity index (χ4n) is 5.10. The number of carbonyl (C=O) groups is 1. The van der Waals surface area contributed by atoms with Crippen molar-refractivity contribution in [1.29, 1.82) is 0 Å². The number of methoxy groups -OCH3 is 1. The van der Waals surface area contributed by atoms with Crippen LogP contribution in [0.1, 0.15) is 32.1 Å². The third-order valence-corrected chi connectivity index (χ3v) is 5.67. The fourth-order valence-corrected chi connectivity index (χ4v) is 5.10. The van der Waals surface area contributed by atoms with Crippen LogP contribution < -0.4 is 0 Å². The Hall–Kier alpha value is -0.610. The molecule has 20 heavy (non-hydrogen) atoms. The van der Waals surface area contributed by atoms with Gasteiger partial charge in [-0.1, -0.05) is 0 Å². The Morgan fingerprint density at radius 1 is 1.05 bits per heavy atom. The van der Waals surface area contributed by atoms with Gasteiger partial charge in [0, 0.05) is 20.2 Å². The molecule has 0 aliphatic heterocycles. The molecule has 4 bridgehead atoms. The Morgan fingerprint density at radius 3 is 2.20 bits per heavy atom. The minimum Gasteiger partial charge on any atom is -0.382 e. The number of hydrogen-bond acceptors (Lipinski definition) is 3. The maximum Gasteiger partial charge on any atom is 0.248 e. The van der Waals surface area contributed by atoms with E-state index in [9.17, 15) is 4.79 Å². The third kappa shape index (κ3) is 2.73. The van der Waals surface area contributed by atoms with E-state index in [1.807, 2.05) is 11.9 Å². The maximum absolute atomic E-state index is 12.3. The van der Waals surface area contributed by atoms with E-state index in [1.165, 1.54) is 32.1 Å². The molecule has 4 aliphatic carbocycles. The summed E-state index contributed by atoms with van der Waals surface area (Å²) in [5, 5.41) is 0. The summed E-state index contributed by atoms with van der Waals surface area (Å²) in [5.74, 6) is 3.54. The molecule has 0 aromatic carbocycles. The molecule has 0 saturated heterocycles. The molecule has 0 N–H and O–H groups in total. The van der Waals surface area contributed by atoms with Crippen LogP contribution in [0, 0.1) is 23.7 Å². The Labute approximate surface area is 121 Å². The van der Waals surface area contributed by atoms with Crippen LogP contribution in [0.5, 0.6) is 0 Å². The minimum absolute atomic E-state index is 0.138. The molecule has 0 unspecified atom stereocenters. The van der Waals surface area contributed by atoms with E-state index in [-0.39, 0.29) is 12.5 Å². The van der Waals surface area contributed by atoms with Gasteiger partial charge in [-0.15, -0.1) is 0 Å². The van der Waals surface area contributed by atoms with Gasteiger partial charge in [0.2, 0.25) is 5.91 Å². The highest BCUT2D eigenvalue weighted by molar-refractivity contribution is 5.77. The van der Waals surface area contributed by atoms with Crippen LogP contribution >= 0.6 is 0 Å². The van der Waals surface area contributed by atoms with E-state index < -0.39 is 0 Å². The fraction of sp³-hybridized carbons (Fsp3) is 0.938. The van der Waals surface area contributed by atoms with E-state index in [0.717, 1.165) is 23.7 Å². The second-order valence-electron chi connectivity index (χ2n) is 6.97. The van der Waals surface area contributed by atoms with Gasteiger partial charge in [-0.2, -0.15) is 0 Å². The predicted octanol–water partition coefficient (Wildman–Crippen LogP) is 1.93. The molecule has 4 rings (SSSR count). The molecule has 0 aromatic heterocycles. The van der Waals surface area contributed by atoms with Crippen LogP contribution in [0.25, 0.3) is 0 Å². The first-order valence-corrected chi connectivity index (χ1v) is 8.01. The molecule has 0 spiro atoms. The molecule has 0 atom stereocenters. The van der Waals surface area contributed by atoms with Gasteiger partial charge >= 0.3 is 0 Å². The molecule has 0 heterocycles. The lowest BCUT2D eigenvalue weighted by Gasteiger charge is -2.56. The second-order valence-corrected chi connectivity index (χ2v) is 6.97. The molecule has 4 nitrogen and oxygen atoms in total. The smallest absolute Gasteiger partial charge is 0.248 e. The Kier molecular flexibility index (Phi) is 4.32. The molecule has 0 aromatic rings. The number of ether oxygens (including phenoxy) is 2. The first-order chi connectivity index (χ1) is 9.69. The predicted molar refractivity (Wildman–Crippen MR) is 76.3 cm³/mol. The SMILES string of the molecule is COCCOCC(=O)N(C)C1C2CC3CC(C2)CC1C3. The van der Waals surface area contributed by atoms with Crippen LogP contribution in [-0.2, 0) is 14.3 Å². The maximum atomic E-state index is 12.3. The number of carbonyl (C=O) groups excluding carboxylic acids is 1. The van der Waals surface area contributed by atoms with E-state index in [0.29, 0.717) is 19.3 Å². The normalized spacial score (nSPS) is 38.2. The summed E-state index contributed by atoms with van der Waals surface area (Å²) < 4.78 is 10.3. The summed E-state index contributed by atoms with van der Waals surface area (Å²) in [4.78, 5) is 14.3. The van der Waals surface area contributed by atoms with Gasteiger partial charge in [-0.3, -0.25) is 4.79 Å². The van der Waals surface area contributed by atoms with Crippen molar-refractivity contribution < 1.29 is 14.3 Å². The average Bonchev–Trinajstić information content (AvgIpc) is 2.42. The van der Waals surface area contributed by atoms with Gasteiger partial charge in [-0.05, 0) is 55.8 Å². The summed E-state index contributed by atoms with van der Waals surface area (Å²) in [6, 6.07) is 0.473. The summed E-state index contributed by atoms with van der Waals surface area (Å²) in [6.07, 6.45) is 6.84. The number of rotatable bonds is 6. The Bertz CT molecular complexity index is 330. The highest BCUT2D eigenvalue weighted by Gasteiger charge is 2.50. The monoisotopic (exact) mass is 281 g/mol. The van der Waals surface area contributed by atoms with Crippen LogP contribution in [0.4, 0.5) is 0 Å². The standard InChI is InChI=1S/C16H27NO3/c1-17(15(18)10-20-4-3-19-2)16-13-6-11-5-12(8-13)9-14(16)7-11/h11-14,16H,3-10H2,1-2H3. The molecule has 4 fully saturated rings. The van der Waals surface area contributed by atoms with Gasteiger partial charge in [0.25, 0.3) is 0 Å². The number of hydrogen-bond donors (Lipinski definition) is 0. The Morgan fingerprint density at radius 2 is 1.65 bits per heavy atom. The molecule has 114 valence electrons. The first kappa shape index (κ1) is 14.3. The lowest BCUT2D eigenvalue weighted by molar-refractivity contribution is -0.146. The zero-order chi connectivity index (χ0) is 14.1. The topological polar surface area (TPSA) is 38.8 Å². The van der Waals surface area contributed by atoms with Crippen molar-refractivity contribution in [1.82, 2.24) is 4.90 Å². The lowest BCUT2D eigenvalue weighted by Crippen LogP contribution is -2.56. The van der Waals surface area contributed by atoms with Crippen LogP contribution in [0.3, 0.4) is 0 Å². The van der Waals surface area contributed by atoms with E-state index in [2.05, 4.69) is 0 Å². The van der Waals surface area contributed by atoms with Crippen LogP contribution in [0.15, 0.2) is 0 Å². The molecular weight excluding hydrogens is 254 g/mol. The van der Waals surface area contributed by atoms with Crippen molar-refractivity contribution in [3.63, 3.8) is 0 Å². The molecule has 4 aliphatic rings. The van der Waals surface area contributed by atoms with E-state index in [4.69, 9.17) is 9.47 Å². The minimum atomic E-state index is 0.138. The number of likely N-dealkylation sites (N-methyl/N-ethyl adjacent to an activating group) is 1. The van der Waals surface area contributed by atoms with Gasteiger partial charge in [0.1, 0.15) is 6.61 Å². The van der Waals surface area contributed by atoms with Crippen molar-refractivity contribution in [3.05, 3.63) is 0 Å². The molecule has 4 saturated carbocycles. The molecule has 4 heteroatoms. The zero-order valence-electron chi connectivity index (χ0n) is 12.7. The molecule has 1 amide bonds. The number of amides is 1. The van der Waals surface area contributed by atoms with Gasteiger partial charge < -0.3 is 14.4 Å². The summed E-state index contributed by atoms with van der Waals surface area (Å²) >= 11 is 0. The quantitative estimate of drug-likeness (QED) is 0.698. The molecular formula is C16H27NO3. The average molecular weight is 281 g/mol. The van der Waals surface area contributed by atoms with Crippen LogP contribution in [-0.4, -0.2) is 50.8 Å². The van der Waals surface area contributed by atoms with Gasteiger partial charge in [0.05, 0.1) is 13.2 Å². The second kappa shape index (κ2) is 6.02. The lowest BCUT2D eigenvalue weighted by atomic mass is 9.54. The van der Waals surface area contributed by atoms with Crippen molar-refractivity contribution >= 4 is 5.91 Å². The van der Waals surface area contributed by atoms with Crippen molar-refractivity contribution in [2.45, 2.75) is 38.1 Å². The van der Waals surface area contributed by atoms with Crippen molar-refractivity contribution in [2.24, 2.45) is 23.7 Å². The highest BCUT2D eigenvalue weighted by Crippen LogP contribution is 2.54. The summed E-state index contributed by atoms with van der Waals surface area (Å²) in [5.41, 5.74) is 0. The summed E-state index contributed by atoms with van der Waals surface area (Å²) in [6.45, 7) is 1.25. The highest BCUT2D eigenvalue weighted by atomic mass is 16.5. The third-order valence-electron chi connectivity index (χ3n) is 5.67. The zero-order valence-corrected chi connectivity index (χ0v) is 12.7. The summed E-state index contributed by atoms with van der Waals surface area (Å²) in [7, 11) is 3.63. The van der Waals surface area contributed by atoms with Crippen molar-refractivity contribution in [2.75, 3.05) is 34.0 Å².